The molecular weight excluding hydrogens is 618 g/mol. The van der Waals surface area contributed by atoms with Gasteiger partial charge in [-0.3, -0.25) is 10.2 Å². The van der Waals surface area contributed by atoms with Gasteiger partial charge in [0.2, 0.25) is 0 Å². The second-order valence-corrected chi connectivity index (χ2v) is 17.3. The maximum atomic E-state index is 16.0. The van der Waals surface area contributed by atoms with Gasteiger partial charge in [0.05, 0.1) is 24.5 Å². The zero-order chi connectivity index (χ0) is 34.7. The lowest BCUT2D eigenvalue weighted by Gasteiger charge is -2.61. The van der Waals surface area contributed by atoms with Crippen molar-refractivity contribution in [1.82, 2.24) is 30.7 Å². The second kappa shape index (κ2) is 14.1. The number of alkyl halides is 2. The van der Waals surface area contributed by atoms with Crippen molar-refractivity contribution in [1.29, 1.82) is 0 Å². The number of fused-ring (bicyclic) bond motifs is 5. The Balaban J connectivity index is 1.36. The van der Waals surface area contributed by atoms with Crippen LogP contribution in [0, 0.1) is 29.6 Å². The van der Waals surface area contributed by atoms with Gasteiger partial charge < -0.3 is 29.9 Å². The highest BCUT2D eigenvalue weighted by Gasteiger charge is 2.58. The molecule has 12 unspecified atom stereocenters. The topological polar surface area (TPSA) is 98.4 Å². The first-order valence-corrected chi connectivity index (χ1v) is 18.9. The van der Waals surface area contributed by atoms with Crippen molar-refractivity contribution in [3.8, 4) is 0 Å². The molecule has 0 spiro atoms. The first-order valence-electron chi connectivity index (χ1n) is 18.9. The normalized spacial score (nSPS) is 44.5. The molecule has 6 rings (SSSR count). The second-order valence-electron chi connectivity index (χ2n) is 17.3. The van der Waals surface area contributed by atoms with Crippen molar-refractivity contribution in [3.05, 3.63) is 0 Å². The van der Waals surface area contributed by atoms with Crippen LogP contribution in [0.15, 0.2) is 0 Å². The average molecular weight is 681 g/mol. The number of piperidine rings is 2. The average Bonchev–Trinajstić information content (AvgIpc) is 3.00. The molecule has 6 aliphatic rings. The number of amides is 3. The number of urea groups is 1. The third kappa shape index (κ3) is 6.93. The van der Waals surface area contributed by atoms with Gasteiger partial charge >= 0.3 is 12.1 Å². The molecule has 0 radical (unpaired) electrons. The smallest absolute Gasteiger partial charge is 0.410 e. The fourth-order valence-electron chi connectivity index (χ4n) is 10.2. The highest BCUT2D eigenvalue weighted by atomic mass is 19.1. The number of hydrogen-bond donors (Lipinski definition) is 3. The maximum absolute atomic E-state index is 16.0. The number of carbonyl (C=O) groups excluding carboxylic acids is 2. The predicted molar refractivity (Wildman–Crippen MR) is 181 cm³/mol. The summed E-state index contributed by atoms with van der Waals surface area (Å²) in [5.74, 6) is -0.0247. The van der Waals surface area contributed by atoms with Crippen molar-refractivity contribution in [2.75, 3.05) is 26.2 Å². The SMILES string of the molecule is CC(C)C1NCCC2CCCOC3C(F)CCC(F)C3C3NC4C(CC3C)C(N3C[C@H](C)N(C(=O)OC(C)(C)C)C[C@@H]3C)NC(=O)N4C21. The summed E-state index contributed by atoms with van der Waals surface area (Å²) in [4.78, 5) is 34.1. The molecule has 5 aliphatic heterocycles. The molecule has 0 aromatic rings. The Bertz CT molecular complexity index is 1160. The van der Waals surface area contributed by atoms with Crippen molar-refractivity contribution in [2.45, 2.75) is 161 Å². The summed E-state index contributed by atoms with van der Waals surface area (Å²) >= 11 is 0. The molecular formula is C36H62F2N6O4. The van der Waals surface area contributed by atoms with Gasteiger partial charge in [-0.1, -0.05) is 20.8 Å². The Kier molecular flexibility index (Phi) is 10.6. The zero-order valence-corrected chi connectivity index (χ0v) is 30.5. The maximum Gasteiger partial charge on any atom is 0.410 e. The minimum atomic E-state index is -1.20. The Morgan fingerprint density at radius 3 is 2.44 bits per heavy atom. The minimum absolute atomic E-state index is 0.00259. The van der Waals surface area contributed by atoms with Gasteiger partial charge in [-0.05, 0) is 97.4 Å². The van der Waals surface area contributed by atoms with E-state index in [1.54, 1.807) is 4.90 Å². The van der Waals surface area contributed by atoms with Crippen LogP contribution >= 0.6 is 0 Å². The third-order valence-electron chi connectivity index (χ3n) is 12.4. The van der Waals surface area contributed by atoms with E-state index < -0.39 is 30.0 Å². The van der Waals surface area contributed by atoms with Crippen LogP contribution in [-0.2, 0) is 9.47 Å². The molecule has 1 saturated carbocycles. The quantitative estimate of drug-likeness (QED) is 0.383. The van der Waals surface area contributed by atoms with Gasteiger partial charge in [0.1, 0.15) is 17.9 Å². The monoisotopic (exact) mass is 680 g/mol. The van der Waals surface area contributed by atoms with Crippen molar-refractivity contribution in [3.63, 3.8) is 0 Å². The van der Waals surface area contributed by atoms with Crippen LogP contribution in [-0.4, -0.2) is 120 Å². The molecule has 3 N–H and O–H groups in total. The van der Waals surface area contributed by atoms with Gasteiger partial charge in [0.15, 0.2) is 0 Å². The summed E-state index contributed by atoms with van der Waals surface area (Å²) in [7, 11) is 0. The summed E-state index contributed by atoms with van der Waals surface area (Å²) in [6.07, 6.45) is -0.395. The van der Waals surface area contributed by atoms with Crippen LogP contribution in [0.5, 0.6) is 0 Å². The highest BCUT2D eigenvalue weighted by molar-refractivity contribution is 5.76. The molecule has 12 heteroatoms. The third-order valence-corrected chi connectivity index (χ3v) is 12.4. The van der Waals surface area contributed by atoms with Crippen molar-refractivity contribution in [2.24, 2.45) is 29.6 Å². The van der Waals surface area contributed by atoms with E-state index in [1.165, 1.54) is 0 Å². The fraction of sp³-hybridized carbons (Fsp3) is 0.944. The van der Waals surface area contributed by atoms with E-state index >= 15 is 8.78 Å². The van der Waals surface area contributed by atoms with E-state index in [0.717, 1.165) is 32.2 Å². The van der Waals surface area contributed by atoms with E-state index in [4.69, 9.17) is 9.47 Å². The minimum Gasteiger partial charge on any atom is -0.444 e. The number of ether oxygens (including phenoxy) is 2. The molecule has 0 aromatic heterocycles. The van der Waals surface area contributed by atoms with E-state index in [-0.39, 0.29) is 85.3 Å². The standard InChI is InChI=1S/C36H62F2N6O4/c1-19(2)28-30-23(13-14-39-28)10-9-15-47-31-26(38)12-11-25(37)27(31)29-20(3)16-24-32(41-34(45)44(30)33(24)40-29)42-17-22(5)43(18-21(42)4)35(46)48-36(6,7)8/h19-33,39-40H,9-18H2,1-8H3,(H,41,45)/t20?,21-,22-,23?,24?,25?,26?,27?,28?,29?,30?,31?,32?,33?/m0/s1. The Labute approximate surface area is 286 Å². The first-order chi connectivity index (χ1) is 22.7. The summed E-state index contributed by atoms with van der Waals surface area (Å²) in [6.45, 7) is 18.7. The first kappa shape index (κ1) is 36.0. The van der Waals surface area contributed by atoms with Gasteiger partial charge in [-0.25, -0.2) is 18.4 Å². The largest absolute Gasteiger partial charge is 0.444 e. The molecule has 14 atom stereocenters. The fourth-order valence-corrected chi connectivity index (χ4v) is 10.2. The number of halogens is 2. The summed E-state index contributed by atoms with van der Waals surface area (Å²) in [5, 5.41) is 11.1. The Morgan fingerprint density at radius 2 is 1.73 bits per heavy atom. The summed E-state index contributed by atoms with van der Waals surface area (Å²) < 4.78 is 43.6. The zero-order valence-electron chi connectivity index (χ0n) is 30.5. The van der Waals surface area contributed by atoms with Gasteiger partial charge in [0, 0.05) is 55.7 Å². The van der Waals surface area contributed by atoms with Crippen LogP contribution in [0.2, 0.25) is 0 Å². The van der Waals surface area contributed by atoms with Crippen LogP contribution in [0.1, 0.15) is 93.9 Å². The van der Waals surface area contributed by atoms with Crippen molar-refractivity contribution < 1.29 is 27.8 Å². The lowest BCUT2D eigenvalue weighted by atomic mass is 9.69. The number of nitrogens with zero attached hydrogens (tertiary/aromatic N) is 3. The van der Waals surface area contributed by atoms with Crippen LogP contribution in [0.25, 0.3) is 0 Å². The van der Waals surface area contributed by atoms with Crippen molar-refractivity contribution >= 4 is 12.1 Å². The molecule has 6 fully saturated rings. The van der Waals surface area contributed by atoms with Gasteiger partial charge in [0.25, 0.3) is 0 Å². The van der Waals surface area contributed by atoms with Gasteiger partial charge in [-0.15, -0.1) is 0 Å². The summed E-state index contributed by atoms with van der Waals surface area (Å²) in [6, 6.07) is -0.518. The van der Waals surface area contributed by atoms with Crippen LogP contribution in [0.4, 0.5) is 18.4 Å². The molecule has 0 aromatic carbocycles. The molecule has 10 nitrogen and oxygen atoms in total. The molecule has 3 amide bonds. The number of hydrogen-bond acceptors (Lipinski definition) is 7. The van der Waals surface area contributed by atoms with E-state index in [2.05, 4.69) is 53.4 Å². The molecule has 2 bridgehead atoms. The van der Waals surface area contributed by atoms with E-state index in [0.29, 0.717) is 25.6 Å². The molecule has 1 aliphatic carbocycles. The highest BCUT2D eigenvalue weighted by Crippen LogP contribution is 2.45. The lowest BCUT2D eigenvalue weighted by Crippen LogP contribution is -2.80. The molecule has 5 saturated heterocycles. The van der Waals surface area contributed by atoms with E-state index in [9.17, 15) is 9.59 Å². The van der Waals surface area contributed by atoms with E-state index in [1.807, 2.05) is 27.7 Å². The number of carbonyl (C=O) groups is 2. The Hall–Kier alpha value is -1.76. The number of rotatable bonds is 2. The predicted octanol–water partition coefficient (Wildman–Crippen LogP) is 4.88. The number of nitrogens with one attached hydrogen (secondary N) is 3. The van der Waals surface area contributed by atoms with Crippen LogP contribution < -0.4 is 16.0 Å². The number of piperazine rings is 1. The van der Waals surface area contributed by atoms with Gasteiger partial charge in [-0.2, -0.15) is 0 Å². The Morgan fingerprint density at radius 1 is 1.00 bits per heavy atom. The van der Waals surface area contributed by atoms with Crippen LogP contribution in [0.3, 0.4) is 0 Å². The molecule has 5 heterocycles. The molecule has 48 heavy (non-hydrogen) atoms. The molecule has 274 valence electrons. The summed E-state index contributed by atoms with van der Waals surface area (Å²) in [5.41, 5.74) is -0.588. The lowest BCUT2D eigenvalue weighted by molar-refractivity contribution is -0.134.